The number of rotatable bonds is 3. The van der Waals surface area contributed by atoms with Gasteiger partial charge in [0, 0.05) is 24.6 Å². The molecule has 4 nitrogen and oxygen atoms in total. The van der Waals surface area contributed by atoms with Gasteiger partial charge in [-0.2, -0.15) is 0 Å². The Hall–Kier alpha value is -2.10. The number of esters is 1. The van der Waals surface area contributed by atoms with Gasteiger partial charge in [-0.15, -0.1) is 0 Å². The molecule has 1 aliphatic carbocycles. The largest absolute Gasteiger partial charge is 0.465 e. The molecule has 4 heteroatoms. The molecule has 0 radical (unpaired) electrons. The Bertz CT molecular complexity index is 687. The van der Waals surface area contributed by atoms with Crippen LogP contribution in [-0.2, 0) is 16.0 Å². The number of hydrogen-bond acceptors (Lipinski definition) is 3. The number of nitrogens with zero attached hydrogens (tertiary/aromatic N) is 1. The average Bonchev–Trinajstić information content (AvgIpc) is 3.26. The molecule has 2 saturated heterocycles. The summed E-state index contributed by atoms with van der Waals surface area (Å²) < 4.78 is 5.33. The molecule has 1 amide bonds. The standard InChI is InChI=1S/C20H23NO3/c1-14-10-17-13-24-19(23)20(17,11-14)12-15-4-6-16(7-5-15)18(22)21-8-2-3-9-21/h4-7,17H,1-3,8-13H2. The number of likely N-dealkylation sites (tertiary alicyclic amines) is 1. The predicted molar refractivity (Wildman–Crippen MR) is 90.5 cm³/mol. The minimum Gasteiger partial charge on any atom is -0.465 e. The number of hydrogen-bond donors (Lipinski definition) is 0. The van der Waals surface area contributed by atoms with Gasteiger partial charge in [0.05, 0.1) is 12.0 Å². The Morgan fingerprint density at radius 1 is 1.25 bits per heavy atom. The van der Waals surface area contributed by atoms with Crippen molar-refractivity contribution in [1.29, 1.82) is 0 Å². The van der Waals surface area contributed by atoms with Crippen molar-refractivity contribution >= 4 is 11.9 Å². The normalized spacial score (nSPS) is 29.0. The predicted octanol–water partition coefficient (Wildman–Crippen LogP) is 2.97. The van der Waals surface area contributed by atoms with Crippen molar-refractivity contribution < 1.29 is 14.3 Å². The number of carbonyl (C=O) groups is 2. The molecule has 2 aliphatic heterocycles. The summed E-state index contributed by atoms with van der Waals surface area (Å²) in [7, 11) is 0. The lowest BCUT2D eigenvalue weighted by Gasteiger charge is -2.24. The average molecular weight is 325 g/mol. The maximum Gasteiger partial charge on any atom is 0.313 e. The van der Waals surface area contributed by atoms with Gasteiger partial charge >= 0.3 is 5.97 Å². The van der Waals surface area contributed by atoms with Gasteiger partial charge in [-0.1, -0.05) is 24.3 Å². The molecule has 1 aromatic carbocycles. The number of fused-ring (bicyclic) bond motifs is 1. The highest BCUT2D eigenvalue weighted by Gasteiger charge is 2.55. The third-order valence-electron chi connectivity index (χ3n) is 5.82. The highest BCUT2D eigenvalue weighted by molar-refractivity contribution is 5.94. The summed E-state index contributed by atoms with van der Waals surface area (Å²) >= 11 is 0. The first kappa shape index (κ1) is 15.4. The van der Waals surface area contributed by atoms with Crippen LogP contribution in [-0.4, -0.2) is 36.5 Å². The summed E-state index contributed by atoms with van der Waals surface area (Å²) in [6, 6.07) is 7.76. The van der Waals surface area contributed by atoms with Gasteiger partial charge in [-0.3, -0.25) is 9.59 Å². The first-order valence-corrected chi connectivity index (χ1v) is 8.80. The van der Waals surface area contributed by atoms with E-state index < -0.39 is 5.41 Å². The van der Waals surface area contributed by atoms with E-state index in [1.165, 1.54) is 0 Å². The third kappa shape index (κ3) is 2.45. The summed E-state index contributed by atoms with van der Waals surface area (Å²) in [6.45, 7) is 6.32. The van der Waals surface area contributed by atoms with Crippen molar-refractivity contribution in [2.24, 2.45) is 11.3 Å². The number of carbonyl (C=O) groups excluding carboxylic acids is 2. The summed E-state index contributed by atoms with van der Waals surface area (Å²) in [5, 5.41) is 0. The van der Waals surface area contributed by atoms with E-state index in [9.17, 15) is 9.59 Å². The third-order valence-corrected chi connectivity index (χ3v) is 5.82. The molecule has 0 spiro atoms. The molecule has 2 unspecified atom stereocenters. The second-order valence-corrected chi connectivity index (χ2v) is 7.46. The maximum absolute atomic E-state index is 12.4. The minimum absolute atomic E-state index is 0.0802. The molecule has 1 aromatic rings. The van der Waals surface area contributed by atoms with Crippen LogP contribution in [0.25, 0.3) is 0 Å². The van der Waals surface area contributed by atoms with Gasteiger partial charge in [0.1, 0.15) is 0 Å². The van der Waals surface area contributed by atoms with Crippen LogP contribution in [0.3, 0.4) is 0 Å². The van der Waals surface area contributed by atoms with Crippen molar-refractivity contribution in [3.05, 3.63) is 47.5 Å². The molecule has 24 heavy (non-hydrogen) atoms. The lowest BCUT2D eigenvalue weighted by Crippen LogP contribution is -2.31. The molecule has 2 heterocycles. The molecule has 1 saturated carbocycles. The van der Waals surface area contributed by atoms with Crippen LogP contribution >= 0.6 is 0 Å². The van der Waals surface area contributed by atoms with E-state index in [-0.39, 0.29) is 17.8 Å². The Kier molecular flexibility index (Phi) is 3.70. The van der Waals surface area contributed by atoms with E-state index >= 15 is 0 Å². The zero-order valence-electron chi connectivity index (χ0n) is 13.9. The van der Waals surface area contributed by atoms with Crippen LogP contribution in [0.1, 0.15) is 41.6 Å². The zero-order chi connectivity index (χ0) is 16.7. The summed E-state index contributed by atoms with van der Waals surface area (Å²) in [6.07, 6.45) is 4.48. The van der Waals surface area contributed by atoms with Crippen molar-refractivity contribution in [2.75, 3.05) is 19.7 Å². The van der Waals surface area contributed by atoms with Gasteiger partial charge < -0.3 is 9.64 Å². The second-order valence-electron chi connectivity index (χ2n) is 7.46. The molecule has 3 fully saturated rings. The molecule has 3 aliphatic rings. The van der Waals surface area contributed by atoms with E-state index in [1.54, 1.807) is 0 Å². The lowest BCUT2D eigenvalue weighted by atomic mass is 9.75. The number of amides is 1. The molecule has 4 rings (SSSR count). The van der Waals surface area contributed by atoms with E-state index in [0.717, 1.165) is 55.5 Å². The summed E-state index contributed by atoms with van der Waals surface area (Å²) in [5.41, 5.74) is 2.54. The number of cyclic esters (lactones) is 1. The van der Waals surface area contributed by atoms with Crippen LogP contribution in [0.5, 0.6) is 0 Å². The van der Waals surface area contributed by atoms with Crippen molar-refractivity contribution in [1.82, 2.24) is 4.90 Å². The Morgan fingerprint density at radius 2 is 1.96 bits per heavy atom. The minimum atomic E-state index is -0.433. The van der Waals surface area contributed by atoms with Gasteiger partial charge in [-0.25, -0.2) is 0 Å². The molecule has 0 N–H and O–H groups in total. The summed E-state index contributed by atoms with van der Waals surface area (Å²) in [5.74, 6) is 0.288. The topological polar surface area (TPSA) is 46.6 Å². The van der Waals surface area contributed by atoms with Gasteiger partial charge in [0.15, 0.2) is 0 Å². The highest BCUT2D eigenvalue weighted by Crippen LogP contribution is 2.52. The number of ether oxygens (including phenoxy) is 1. The fraction of sp³-hybridized carbons (Fsp3) is 0.500. The van der Waals surface area contributed by atoms with Gasteiger partial charge in [-0.05, 0) is 49.8 Å². The van der Waals surface area contributed by atoms with Crippen molar-refractivity contribution in [3.8, 4) is 0 Å². The molecular weight excluding hydrogens is 302 g/mol. The van der Waals surface area contributed by atoms with Crippen LogP contribution in [0, 0.1) is 11.3 Å². The summed E-state index contributed by atoms with van der Waals surface area (Å²) in [4.78, 5) is 26.7. The Labute approximate surface area is 142 Å². The Morgan fingerprint density at radius 3 is 2.67 bits per heavy atom. The molecule has 0 aromatic heterocycles. The van der Waals surface area contributed by atoms with E-state index in [0.29, 0.717) is 13.0 Å². The van der Waals surface area contributed by atoms with E-state index in [1.807, 2.05) is 29.2 Å². The SMILES string of the molecule is C=C1CC2COC(=O)C2(Cc2ccc(C(=O)N3CCCC3)cc2)C1. The fourth-order valence-electron chi connectivity index (χ4n) is 4.49. The number of allylic oxidation sites excluding steroid dienone is 1. The van der Waals surface area contributed by atoms with Crippen molar-refractivity contribution in [3.63, 3.8) is 0 Å². The first-order valence-electron chi connectivity index (χ1n) is 8.80. The van der Waals surface area contributed by atoms with E-state index in [2.05, 4.69) is 6.58 Å². The Balaban J connectivity index is 1.52. The quantitative estimate of drug-likeness (QED) is 0.634. The first-order chi connectivity index (χ1) is 11.6. The van der Waals surface area contributed by atoms with Gasteiger partial charge in [0.25, 0.3) is 5.91 Å². The maximum atomic E-state index is 12.4. The lowest BCUT2D eigenvalue weighted by molar-refractivity contribution is -0.146. The highest BCUT2D eigenvalue weighted by atomic mass is 16.5. The van der Waals surface area contributed by atoms with Crippen LogP contribution in [0.4, 0.5) is 0 Å². The van der Waals surface area contributed by atoms with Crippen LogP contribution in [0.15, 0.2) is 36.4 Å². The van der Waals surface area contributed by atoms with Crippen LogP contribution in [0.2, 0.25) is 0 Å². The second kappa shape index (κ2) is 5.76. The molecule has 0 bridgehead atoms. The smallest absolute Gasteiger partial charge is 0.313 e. The zero-order valence-corrected chi connectivity index (χ0v) is 13.9. The van der Waals surface area contributed by atoms with Crippen molar-refractivity contribution in [2.45, 2.75) is 32.1 Å². The van der Waals surface area contributed by atoms with E-state index in [4.69, 9.17) is 4.74 Å². The van der Waals surface area contributed by atoms with Gasteiger partial charge in [0.2, 0.25) is 0 Å². The molecular formula is C20H23NO3. The fourth-order valence-corrected chi connectivity index (χ4v) is 4.49. The monoisotopic (exact) mass is 325 g/mol. The van der Waals surface area contributed by atoms with Crippen LogP contribution < -0.4 is 0 Å². The molecule has 126 valence electrons. The number of benzene rings is 1. The molecule has 2 atom stereocenters.